The molecular weight excluding hydrogens is 342 g/mol. The zero-order valence-corrected chi connectivity index (χ0v) is 15.2. The van der Waals surface area contributed by atoms with Crippen molar-refractivity contribution in [1.82, 2.24) is 19.7 Å². The number of anilines is 1. The maximum atomic E-state index is 12.6. The Kier molecular flexibility index (Phi) is 4.28. The minimum Gasteiger partial charge on any atom is -0.322 e. The van der Waals surface area contributed by atoms with Crippen LogP contribution in [0.1, 0.15) is 19.5 Å². The number of urea groups is 1. The fraction of sp³-hybridized carbons (Fsp3) is 0.438. The lowest BCUT2D eigenvalue weighted by Gasteiger charge is -2.37. The van der Waals surface area contributed by atoms with Crippen molar-refractivity contribution in [3.05, 3.63) is 36.2 Å². The van der Waals surface area contributed by atoms with E-state index in [1.807, 2.05) is 13.0 Å². The van der Waals surface area contributed by atoms with Gasteiger partial charge in [-0.25, -0.2) is 18.2 Å². The number of sulfone groups is 1. The summed E-state index contributed by atoms with van der Waals surface area (Å²) in [5.41, 5.74) is 0.738. The van der Waals surface area contributed by atoms with Crippen molar-refractivity contribution >= 4 is 21.7 Å². The average Bonchev–Trinajstić information content (AvgIpc) is 2.91. The first-order valence-corrected chi connectivity index (χ1v) is 9.61. The van der Waals surface area contributed by atoms with Crippen molar-refractivity contribution in [2.45, 2.75) is 25.5 Å². The number of amides is 2. The Hall–Kier alpha value is -2.42. The highest BCUT2D eigenvalue weighted by molar-refractivity contribution is 7.92. The van der Waals surface area contributed by atoms with Crippen LogP contribution in [0.5, 0.6) is 0 Å². The summed E-state index contributed by atoms with van der Waals surface area (Å²) in [6.45, 7) is 5.44. The van der Waals surface area contributed by atoms with Gasteiger partial charge in [0, 0.05) is 25.4 Å². The lowest BCUT2D eigenvalue weighted by molar-refractivity contribution is 0.206. The van der Waals surface area contributed by atoms with Gasteiger partial charge in [-0.2, -0.15) is 9.78 Å². The lowest BCUT2D eigenvalue weighted by atomic mass is 10.2. The standard InChI is InChI=1S/C16H21N5O3S/c1-12-10-14(21(19-12)13-6-4-5-7-17-13)18-15(22)20-8-9-25(23,24)16(2,3)11-20/h4-7,10H,8-9,11H2,1-3H3,(H,18,22). The molecule has 0 atom stereocenters. The Morgan fingerprint density at radius 3 is 2.72 bits per heavy atom. The van der Waals surface area contributed by atoms with Gasteiger partial charge in [0.15, 0.2) is 15.7 Å². The van der Waals surface area contributed by atoms with E-state index in [2.05, 4.69) is 15.4 Å². The number of hydrogen-bond acceptors (Lipinski definition) is 5. The molecule has 0 aliphatic carbocycles. The molecule has 1 saturated heterocycles. The third-order valence-corrected chi connectivity index (χ3v) is 6.80. The molecule has 1 N–H and O–H groups in total. The summed E-state index contributed by atoms with van der Waals surface area (Å²) in [7, 11) is -3.20. The van der Waals surface area contributed by atoms with Crippen LogP contribution in [0.15, 0.2) is 30.5 Å². The van der Waals surface area contributed by atoms with E-state index in [1.165, 1.54) is 4.90 Å². The van der Waals surface area contributed by atoms with Crippen molar-refractivity contribution < 1.29 is 13.2 Å². The number of pyridine rings is 1. The van der Waals surface area contributed by atoms with Gasteiger partial charge < -0.3 is 4.90 Å². The number of carbonyl (C=O) groups is 1. The van der Waals surface area contributed by atoms with Crippen LogP contribution >= 0.6 is 0 Å². The van der Waals surface area contributed by atoms with E-state index >= 15 is 0 Å². The minimum absolute atomic E-state index is 0.0358. The predicted octanol–water partition coefficient (Wildman–Crippen LogP) is 1.62. The van der Waals surface area contributed by atoms with Crippen molar-refractivity contribution in [1.29, 1.82) is 0 Å². The summed E-state index contributed by atoms with van der Waals surface area (Å²) in [4.78, 5) is 18.4. The molecule has 1 fully saturated rings. The molecule has 0 aromatic carbocycles. The first-order valence-electron chi connectivity index (χ1n) is 7.96. The van der Waals surface area contributed by atoms with E-state index in [4.69, 9.17) is 0 Å². The van der Waals surface area contributed by atoms with Crippen molar-refractivity contribution in [3.8, 4) is 5.82 Å². The summed E-state index contributed by atoms with van der Waals surface area (Å²) in [5.74, 6) is 1.05. The number of aryl methyl sites for hydroxylation is 1. The van der Waals surface area contributed by atoms with E-state index in [0.29, 0.717) is 11.6 Å². The highest BCUT2D eigenvalue weighted by Gasteiger charge is 2.41. The van der Waals surface area contributed by atoms with Gasteiger partial charge in [0.1, 0.15) is 5.82 Å². The topological polar surface area (TPSA) is 97.2 Å². The van der Waals surface area contributed by atoms with Crippen molar-refractivity contribution in [2.75, 3.05) is 24.2 Å². The molecule has 2 aromatic heterocycles. The largest absolute Gasteiger partial charge is 0.323 e. The van der Waals surface area contributed by atoms with Gasteiger partial charge in [-0.3, -0.25) is 5.32 Å². The van der Waals surface area contributed by atoms with E-state index < -0.39 is 14.6 Å². The van der Waals surface area contributed by atoms with Crippen LogP contribution in [-0.2, 0) is 9.84 Å². The molecule has 3 rings (SSSR count). The van der Waals surface area contributed by atoms with Crippen LogP contribution in [0.4, 0.5) is 10.6 Å². The molecule has 0 bridgehead atoms. The summed E-state index contributed by atoms with van der Waals surface area (Å²) in [5, 5.41) is 7.17. The quantitative estimate of drug-likeness (QED) is 0.874. The zero-order valence-electron chi connectivity index (χ0n) is 14.4. The second-order valence-electron chi connectivity index (χ2n) is 6.70. The smallest absolute Gasteiger partial charge is 0.322 e. The van der Waals surface area contributed by atoms with Gasteiger partial charge in [-0.15, -0.1) is 0 Å². The zero-order chi connectivity index (χ0) is 18.2. The molecule has 8 nitrogen and oxygen atoms in total. The predicted molar refractivity (Wildman–Crippen MR) is 94.6 cm³/mol. The Labute approximate surface area is 146 Å². The summed E-state index contributed by atoms with van der Waals surface area (Å²) in [6, 6.07) is 6.83. The molecule has 134 valence electrons. The SMILES string of the molecule is Cc1cc(NC(=O)N2CCS(=O)(=O)C(C)(C)C2)n(-c2ccccn2)n1. The molecule has 2 aromatic rings. The van der Waals surface area contributed by atoms with Gasteiger partial charge >= 0.3 is 6.03 Å². The second-order valence-corrected chi connectivity index (χ2v) is 9.44. The van der Waals surface area contributed by atoms with Gasteiger partial charge in [0.05, 0.1) is 16.2 Å². The summed E-state index contributed by atoms with van der Waals surface area (Å²) in [6.07, 6.45) is 1.65. The van der Waals surface area contributed by atoms with Crippen LogP contribution < -0.4 is 5.32 Å². The summed E-state index contributed by atoms with van der Waals surface area (Å²) < 4.78 is 24.8. The van der Waals surface area contributed by atoms with Crippen LogP contribution in [0.25, 0.3) is 5.82 Å². The molecule has 0 radical (unpaired) electrons. The van der Waals surface area contributed by atoms with Gasteiger partial charge in [-0.05, 0) is 32.9 Å². The maximum Gasteiger partial charge on any atom is 0.323 e. The highest BCUT2D eigenvalue weighted by Crippen LogP contribution is 2.24. The number of nitrogens with one attached hydrogen (secondary N) is 1. The maximum absolute atomic E-state index is 12.6. The molecule has 25 heavy (non-hydrogen) atoms. The Balaban J connectivity index is 1.81. The number of rotatable bonds is 2. The van der Waals surface area contributed by atoms with Crippen molar-refractivity contribution in [2.24, 2.45) is 0 Å². The number of nitrogens with zero attached hydrogens (tertiary/aromatic N) is 4. The van der Waals surface area contributed by atoms with Crippen LogP contribution in [0.2, 0.25) is 0 Å². The van der Waals surface area contributed by atoms with E-state index in [0.717, 1.165) is 5.69 Å². The third-order valence-electron chi connectivity index (χ3n) is 4.26. The second kappa shape index (κ2) is 6.14. The summed E-state index contributed by atoms with van der Waals surface area (Å²) >= 11 is 0. The van der Waals surface area contributed by atoms with E-state index in [1.54, 1.807) is 42.9 Å². The molecule has 2 amide bonds. The van der Waals surface area contributed by atoms with Crippen LogP contribution in [-0.4, -0.2) is 57.7 Å². The average molecular weight is 363 g/mol. The van der Waals surface area contributed by atoms with Crippen LogP contribution in [0, 0.1) is 6.92 Å². The molecule has 0 unspecified atom stereocenters. The number of carbonyl (C=O) groups excluding carboxylic acids is 1. The molecule has 9 heteroatoms. The van der Waals surface area contributed by atoms with Crippen LogP contribution in [0.3, 0.4) is 0 Å². The Morgan fingerprint density at radius 1 is 1.32 bits per heavy atom. The van der Waals surface area contributed by atoms with Gasteiger partial charge in [0.2, 0.25) is 0 Å². The number of hydrogen-bond donors (Lipinski definition) is 1. The third kappa shape index (κ3) is 3.37. The molecule has 3 heterocycles. The van der Waals surface area contributed by atoms with E-state index in [-0.39, 0.29) is 24.9 Å². The Bertz CT molecular complexity index is 890. The fourth-order valence-electron chi connectivity index (χ4n) is 2.75. The lowest BCUT2D eigenvalue weighted by Crippen LogP contribution is -2.55. The number of aromatic nitrogens is 3. The first kappa shape index (κ1) is 17.4. The minimum atomic E-state index is -3.20. The van der Waals surface area contributed by atoms with Gasteiger partial charge in [-0.1, -0.05) is 6.07 Å². The Morgan fingerprint density at radius 2 is 2.08 bits per heavy atom. The van der Waals surface area contributed by atoms with Crippen molar-refractivity contribution in [3.63, 3.8) is 0 Å². The normalized spacial score (nSPS) is 18.8. The molecule has 0 saturated carbocycles. The molecule has 1 aliphatic rings. The molecular formula is C16H21N5O3S. The highest BCUT2D eigenvalue weighted by atomic mass is 32.2. The monoisotopic (exact) mass is 363 g/mol. The van der Waals surface area contributed by atoms with Gasteiger partial charge in [0.25, 0.3) is 0 Å². The molecule has 0 spiro atoms. The first-order chi connectivity index (χ1) is 11.7. The molecule has 1 aliphatic heterocycles. The van der Waals surface area contributed by atoms with E-state index in [9.17, 15) is 13.2 Å². The fourth-order valence-corrected chi connectivity index (χ4v) is 4.11.